The van der Waals surface area contributed by atoms with Gasteiger partial charge >= 0.3 is 0 Å². The summed E-state index contributed by atoms with van der Waals surface area (Å²) in [7, 11) is 0. The fourth-order valence-corrected chi connectivity index (χ4v) is 4.61. The minimum absolute atomic E-state index is 0.174. The second-order valence-corrected chi connectivity index (χ2v) is 8.48. The normalized spacial score (nSPS) is 18.9. The lowest BCUT2D eigenvalue weighted by Gasteiger charge is -2.02. The summed E-state index contributed by atoms with van der Waals surface area (Å²) in [5.74, 6) is 2.84. The number of aromatic nitrogens is 2. The summed E-state index contributed by atoms with van der Waals surface area (Å²) >= 11 is 1.53. The van der Waals surface area contributed by atoms with E-state index in [1.165, 1.54) is 28.8 Å². The van der Waals surface area contributed by atoms with Gasteiger partial charge in [0.25, 0.3) is 5.56 Å². The van der Waals surface area contributed by atoms with Crippen molar-refractivity contribution in [3.8, 4) is 11.1 Å². The van der Waals surface area contributed by atoms with Gasteiger partial charge in [-0.15, -0.1) is 11.3 Å². The van der Waals surface area contributed by atoms with E-state index in [1.54, 1.807) is 6.21 Å². The monoisotopic (exact) mass is 389 g/mol. The van der Waals surface area contributed by atoms with Gasteiger partial charge < -0.3 is 4.42 Å². The van der Waals surface area contributed by atoms with E-state index in [9.17, 15) is 4.79 Å². The fraction of sp³-hybridized carbons (Fsp3) is 0.227. The molecule has 5 nitrogen and oxygen atoms in total. The Kier molecular flexibility index (Phi) is 4.02. The molecule has 0 bridgehead atoms. The Hall–Kier alpha value is -2.99. The zero-order valence-corrected chi connectivity index (χ0v) is 16.4. The molecule has 1 fully saturated rings. The first kappa shape index (κ1) is 17.1. The third-order valence-corrected chi connectivity index (χ3v) is 6.28. The Morgan fingerprint density at radius 1 is 1.25 bits per heavy atom. The van der Waals surface area contributed by atoms with Crippen LogP contribution in [0.15, 0.2) is 63.1 Å². The first-order valence-corrected chi connectivity index (χ1v) is 10.1. The maximum atomic E-state index is 13.1. The molecule has 140 valence electrons. The van der Waals surface area contributed by atoms with Crippen LogP contribution in [0, 0.1) is 12.8 Å². The van der Waals surface area contributed by atoms with E-state index in [2.05, 4.69) is 17.0 Å². The minimum atomic E-state index is -0.174. The molecule has 1 saturated carbocycles. The van der Waals surface area contributed by atoms with Crippen LogP contribution < -0.4 is 5.56 Å². The van der Waals surface area contributed by atoms with Crippen LogP contribution in [0.4, 0.5) is 0 Å². The maximum Gasteiger partial charge on any atom is 0.283 e. The number of fused-ring (bicyclic) bond motifs is 1. The lowest BCUT2D eigenvalue weighted by atomic mass is 10.0. The molecule has 3 aromatic heterocycles. The lowest BCUT2D eigenvalue weighted by Crippen LogP contribution is -2.16. The third-order valence-electron chi connectivity index (χ3n) is 5.27. The molecule has 28 heavy (non-hydrogen) atoms. The SMILES string of the molecule is Cc1sc2ncn(/N=C\c3ccc([C@H]4C[C@@H]4C)o3)c(=O)c2c1-c1ccccc1. The van der Waals surface area contributed by atoms with Crippen molar-refractivity contribution in [3.63, 3.8) is 0 Å². The Morgan fingerprint density at radius 3 is 2.79 bits per heavy atom. The Bertz CT molecular complexity index is 1250. The van der Waals surface area contributed by atoms with Crippen molar-refractivity contribution in [2.45, 2.75) is 26.2 Å². The molecule has 0 N–H and O–H groups in total. The number of aryl methyl sites for hydroxylation is 1. The molecule has 1 aliphatic rings. The molecule has 5 rings (SSSR count). The van der Waals surface area contributed by atoms with Gasteiger partial charge in [0.2, 0.25) is 0 Å². The summed E-state index contributed by atoms with van der Waals surface area (Å²) in [5.41, 5.74) is 1.78. The zero-order valence-electron chi connectivity index (χ0n) is 15.6. The molecule has 0 radical (unpaired) electrons. The maximum absolute atomic E-state index is 13.1. The smallest absolute Gasteiger partial charge is 0.283 e. The van der Waals surface area contributed by atoms with E-state index < -0.39 is 0 Å². The molecule has 0 amide bonds. The molecule has 2 atom stereocenters. The predicted molar refractivity (Wildman–Crippen MR) is 112 cm³/mol. The Morgan fingerprint density at radius 2 is 2.04 bits per heavy atom. The minimum Gasteiger partial charge on any atom is -0.460 e. The quantitative estimate of drug-likeness (QED) is 0.460. The molecule has 6 heteroatoms. The average molecular weight is 389 g/mol. The van der Waals surface area contributed by atoms with Crippen LogP contribution in [-0.2, 0) is 0 Å². The molecular weight excluding hydrogens is 370 g/mol. The zero-order chi connectivity index (χ0) is 19.3. The van der Waals surface area contributed by atoms with Crippen LogP contribution in [0.1, 0.15) is 35.7 Å². The highest BCUT2D eigenvalue weighted by atomic mass is 32.1. The number of thiophene rings is 1. The van der Waals surface area contributed by atoms with Crippen molar-refractivity contribution < 1.29 is 4.42 Å². The van der Waals surface area contributed by atoms with Gasteiger partial charge in [0.1, 0.15) is 22.7 Å². The standard InChI is InChI=1S/C22H19N3O2S/c1-13-10-17(13)18-9-8-16(27-18)11-24-25-12-23-21-20(22(25)26)19(14(2)28-21)15-6-4-3-5-7-15/h3-9,11-13,17H,10H2,1-2H3/b24-11-/t13-,17-/m0/s1. The van der Waals surface area contributed by atoms with Crippen molar-refractivity contribution in [2.75, 3.05) is 0 Å². The van der Waals surface area contributed by atoms with Gasteiger partial charge in [0.05, 0.1) is 11.6 Å². The molecule has 1 aliphatic carbocycles. The van der Waals surface area contributed by atoms with Crippen LogP contribution in [0.5, 0.6) is 0 Å². The Labute approximate surface area is 166 Å². The number of rotatable bonds is 4. The second-order valence-electron chi connectivity index (χ2n) is 7.28. The van der Waals surface area contributed by atoms with Crippen LogP contribution in [0.2, 0.25) is 0 Å². The number of nitrogens with zero attached hydrogens (tertiary/aromatic N) is 3. The molecule has 3 heterocycles. The number of hydrogen-bond acceptors (Lipinski definition) is 5. The highest BCUT2D eigenvalue weighted by Gasteiger charge is 2.36. The van der Waals surface area contributed by atoms with E-state index in [4.69, 9.17) is 4.42 Å². The lowest BCUT2D eigenvalue weighted by molar-refractivity contribution is 0.500. The summed E-state index contributed by atoms with van der Waals surface area (Å²) in [5, 5.41) is 4.92. The second kappa shape index (κ2) is 6.56. The highest BCUT2D eigenvalue weighted by Crippen LogP contribution is 2.47. The predicted octanol–water partition coefficient (Wildman–Crippen LogP) is 5.03. The van der Waals surface area contributed by atoms with Crippen molar-refractivity contribution in [2.24, 2.45) is 11.0 Å². The average Bonchev–Trinajstić information content (AvgIpc) is 3.11. The number of hydrogen-bond donors (Lipinski definition) is 0. The van der Waals surface area contributed by atoms with Crippen molar-refractivity contribution in [1.82, 2.24) is 9.66 Å². The third kappa shape index (κ3) is 2.90. The largest absolute Gasteiger partial charge is 0.460 e. The summed E-state index contributed by atoms with van der Waals surface area (Å²) < 4.78 is 7.12. The molecule has 0 spiro atoms. The van der Waals surface area contributed by atoms with Gasteiger partial charge in [-0.05, 0) is 37.0 Å². The van der Waals surface area contributed by atoms with Gasteiger partial charge in [0.15, 0.2) is 0 Å². The molecule has 1 aromatic carbocycles. The molecule has 0 aliphatic heterocycles. The highest BCUT2D eigenvalue weighted by molar-refractivity contribution is 7.19. The van der Waals surface area contributed by atoms with Crippen molar-refractivity contribution in [1.29, 1.82) is 0 Å². The first-order valence-electron chi connectivity index (χ1n) is 9.32. The van der Waals surface area contributed by atoms with Gasteiger partial charge in [-0.1, -0.05) is 37.3 Å². The van der Waals surface area contributed by atoms with Gasteiger partial charge in [-0.3, -0.25) is 4.79 Å². The molecule has 0 saturated heterocycles. The van der Waals surface area contributed by atoms with E-state index in [0.717, 1.165) is 26.6 Å². The number of benzene rings is 1. The molecular formula is C22H19N3O2S. The first-order chi connectivity index (χ1) is 13.6. The van der Waals surface area contributed by atoms with Crippen molar-refractivity contribution >= 4 is 27.8 Å². The summed E-state index contributed by atoms with van der Waals surface area (Å²) in [6, 6.07) is 13.8. The number of furan rings is 1. The summed E-state index contributed by atoms with van der Waals surface area (Å²) in [6.45, 7) is 4.24. The van der Waals surface area contributed by atoms with E-state index in [1.807, 2.05) is 49.4 Å². The topological polar surface area (TPSA) is 60.4 Å². The van der Waals surface area contributed by atoms with Crippen LogP contribution in [0.25, 0.3) is 21.3 Å². The van der Waals surface area contributed by atoms with E-state index in [0.29, 0.717) is 23.0 Å². The van der Waals surface area contributed by atoms with Gasteiger partial charge in [-0.25, -0.2) is 4.98 Å². The van der Waals surface area contributed by atoms with Crippen LogP contribution in [-0.4, -0.2) is 15.9 Å². The van der Waals surface area contributed by atoms with E-state index in [-0.39, 0.29) is 5.56 Å². The molecule has 0 unspecified atom stereocenters. The van der Waals surface area contributed by atoms with Crippen molar-refractivity contribution in [3.05, 3.63) is 75.5 Å². The Balaban J connectivity index is 1.55. The van der Waals surface area contributed by atoms with Gasteiger partial charge in [0, 0.05) is 16.4 Å². The van der Waals surface area contributed by atoms with E-state index >= 15 is 0 Å². The molecule has 4 aromatic rings. The summed E-state index contributed by atoms with van der Waals surface area (Å²) in [4.78, 5) is 19.4. The van der Waals surface area contributed by atoms with Crippen LogP contribution >= 0.6 is 11.3 Å². The summed E-state index contributed by atoms with van der Waals surface area (Å²) in [6.07, 6.45) is 4.22. The fourth-order valence-electron chi connectivity index (χ4n) is 3.60. The van der Waals surface area contributed by atoms with Gasteiger partial charge in [-0.2, -0.15) is 9.78 Å². The van der Waals surface area contributed by atoms with Crippen LogP contribution in [0.3, 0.4) is 0 Å².